The van der Waals surface area contributed by atoms with Crippen LogP contribution in [0.25, 0.3) is 0 Å². The van der Waals surface area contributed by atoms with Crippen LogP contribution in [0.1, 0.15) is 41.6 Å². The fourth-order valence-corrected chi connectivity index (χ4v) is 3.31. The number of hydrogen-bond acceptors (Lipinski definition) is 1. The normalized spacial score (nSPS) is 23.1. The van der Waals surface area contributed by atoms with Crippen LogP contribution in [-0.4, -0.2) is 17.3 Å². The predicted octanol–water partition coefficient (Wildman–Crippen LogP) is 4.44. The van der Waals surface area contributed by atoms with Gasteiger partial charge >= 0.3 is 0 Å². The third-order valence-corrected chi connectivity index (χ3v) is 5.53. The highest BCUT2D eigenvalue weighted by atomic mass is 79.9. The molecular weight excluding hydrogens is 370 g/mol. The topological polar surface area (TPSA) is 29.1 Å². The molecule has 2 rings (SSSR count). The van der Waals surface area contributed by atoms with Crippen molar-refractivity contribution in [2.24, 2.45) is 5.92 Å². The average Bonchev–Trinajstić information content (AvgIpc) is 2.41. The number of amides is 1. The van der Waals surface area contributed by atoms with E-state index in [0.29, 0.717) is 10.7 Å². The van der Waals surface area contributed by atoms with Crippen LogP contribution < -0.4 is 5.32 Å². The second-order valence-corrected chi connectivity index (χ2v) is 7.44. The molecule has 1 aliphatic rings. The highest BCUT2D eigenvalue weighted by Crippen LogP contribution is 2.28. The van der Waals surface area contributed by atoms with Gasteiger partial charge in [-0.05, 0) is 56.2 Å². The Labute approximate surface area is 131 Å². The number of halogens is 2. The van der Waals surface area contributed by atoms with Gasteiger partial charge in [0.15, 0.2) is 0 Å². The third-order valence-electron chi connectivity index (χ3n) is 3.76. The number of hydrogen-bond donors (Lipinski definition) is 1. The summed E-state index contributed by atoms with van der Waals surface area (Å²) in [5, 5.41) is 3.06. The van der Waals surface area contributed by atoms with Crippen LogP contribution in [-0.2, 0) is 0 Å². The van der Waals surface area contributed by atoms with E-state index in [4.69, 9.17) is 0 Å². The van der Waals surface area contributed by atoms with Gasteiger partial charge < -0.3 is 5.32 Å². The molecule has 4 heteroatoms. The summed E-state index contributed by atoms with van der Waals surface area (Å²) in [4.78, 5) is 12.7. The zero-order valence-electron chi connectivity index (χ0n) is 11.1. The van der Waals surface area contributed by atoms with Crippen molar-refractivity contribution in [1.82, 2.24) is 5.32 Å². The number of rotatable bonds is 3. The Morgan fingerprint density at radius 2 is 2.00 bits per heavy atom. The molecule has 1 saturated carbocycles. The first-order valence-corrected chi connectivity index (χ1v) is 8.45. The van der Waals surface area contributed by atoms with Crippen molar-refractivity contribution < 1.29 is 4.79 Å². The van der Waals surface area contributed by atoms with Crippen LogP contribution in [0.3, 0.4) is 0 Å². The zero-order valence-corrected chi connectivity index (χ0v) is 14.3. The van der Waals surface area contributed by atoms with E-state index in [9.17, 15) is 4.79 Å². The summed E-state index contributed by atoms with van der Waals surface area (Å²) in [6, 6.07) is 5.74. The van der Waals surface area contributed by atoms with Gasteiger partial charge in [0.1, 0.15) is 0 Å². The van der Waals surface area contributed by atoms with Crippen LogP contribution >= 0.6 is 31.9 Å². The molecule has 0 heterocycles. The smallest absolute Gasteiger partial charge is 0.251 e. The fourth-order valence-electron chi connectivity index (χ4n) is 2.40. The largest absolute Gasteiger partial charge is 0.352 e. The van der Waals surface area contributed by atoms with E-state index in [2.05, 4.69) is 37.2 Å². The van der Waals surface area contributed by atoms with E-state index in [1.54, 1.807) is 0 Å². The Bertz CT molecular complexity index is 453. The number of carbonyl (C=O) groups excluding carboxylic acids is 1. The van der Waals surface area contributed by atoms with Crippen molar-refractivity contribution in [1.29, 1.82) is 0 Å². The molecule has 0 radical (unpaired) electrons. The summed E-state index contributed by atoms with van der Waals surface area (Å²) < 4.78 is 0.986. The average molecular weight is 389 g/mol. The molecule has 0 aromatic heterocycles. The SMILES string of the molecule is Cc1ccc(C(=O)NCC2CCC(Br)CC2)cc1Br. The number of nitrogens with one attached hydrogen (secondary N) is 1. The maximum atomic E-state index is 12.1. The van der Waals surface area contributed by atoms with Crippen molar-refractivity contribution >= 4 is 37.8 Å². The Kier molecular flexibility index (Phi) is 5.46. The molecule has 0 unspecified atom stereocenters. The monoisotopic (exact) mass is 387 g/mol. The Morgan fingerprint density at radius 1 is 1.32 bits per heavy atom. The van der Waals surface area contributed by atoms with Gasteiger partial charge in [0.25, 0.3) is 5.91 Å². The number of benzene rings is 1. The second kappa shape index (κ2) is 6.89. The van der Waals surface area contributed by atoms with E-state index in [1.807, 2.05) is 25.1 Å². The van der Waals surface area contributed by atoms with Gasteiger partial charge in [-0.15, -0.1) is 0 Å². The van der Waals surface area contributed by atoms with Crippen molar-refractivity contribution in [3.8, 4) is 0 Å². The molecule has 19 heavy (non-hydrogen) atoms. The van der Waals surface area contributed by atoms with Crippen molar-refractivity contribution in [3.63, 3.8) is 0 Å². The van der Waals surface area contributed by atoms with Crippen molar-refractivity contribution in [3.05, 3.63) is 33.8 Å². The lowest BCUT2D eigenvalue weighted by atomic mass is 9.89. The fraction of sp³-hybridized carbons (Fsp3) is 0.533. The van der Waals surface area contributed by atoms with Crippen LogP contribution in [0.15, 0.2) is 22.7 Å². The quantitative estimate of drug-likeness (QED) is 0.762. The Hall–Kier alpha value is -0.350. The van der Waals surface area contributed by atoms with E-state index in [-0.39, 0.29) is 5.91 Å². The molecule has 0 saturated heterocycles. The molecular formula is C15H19Br2NO. The van der Waals surface area contributed by atoms with Crippen LogP contribution in [0, 0.1) is 12.8 Å². The van der Waals surface area contributed by atoms with Gasteiger partial charge in [-0.2, -0.15) is 0 Å². The van der Waals surface area contributed by atoms with Gasteiger partial charge in [0.05, 0.1) is 0 Å². The summed E-state index contributed by atoms with van der Waals surface area (Å²) in [6.45, 7) is 2.81. The van der Waals surface area contributed by atoms with E-state index < -0.39 is 0 Å². The van der Waals surface area contributed by atoms with Gasteiger partial charge in [-0.25, -0.2) is 0 Å². The van der Waals surface area contributed by atoms with Gasteiger partial charge in [0, 0.05) is 21.4 Å². The minimum atomic E-state index is 0.0293. The molecule has 1 aromatic rings. The minimum absolute atomic E-state index is 0.0293. The molecule has 1 fully saturated rings. The maximum absolute atomic E-state index is 12.1. The highest BCUT2D eigenvalue weighted by Gasteiger charge is 2.19. The number of carbonyl (C=O) groups is 1. The second-order valence-electron chi connectivity index (χ2n) is 5.29. The van der Waals surface area contributed by atoms with E-state index in [0.717, 1.165) is 22.1 Å². The van der Waals surface area contributed by atoms with Crippen LogP contribution in [0.2, 0.25) is 0 Å². The first kappa shape index (κ1) is 15.0. The standard InChI is InChI=1S/C15H19Br2NO/c1-10-2-5-12(8-14(10)17)15(19)18-9-11-3-6-13(16)7-4-11/h2,5,8,11,13H,3-4,6-7,9H2,1H3,(H,18,19). The van der Waals surface area contributed by atoms with Crippen LogP contribution in [0.4, 0.5) is 0 Å². The lowest BCUT2D eigenvalue weighted by molar-refractivity contribution is 0.0944. The van der Waals surface area contributed by atoms with E-state index in [1.165, 1.54) is 25.7 Å². The molecule has 104 valence electrons. The van der Waals surface area contributed by atoms with Crippen molar-refractivity contribution in [2.75, 3.05) is 6.54 Å². The molecule has 0 spiro atoms. The molecule has 1 aromatic carbocycles. The first-order chi connectivity index (χ1) is 9.06. The first-order valence-electron chi connectivity index (χ1n) is 6.74. The lowest BCUT2D eigenvalue weighted by Crippen LogP contribution is -2.31. The summed E-state index contributed by atoms with van der Waals surface area (Å²) >= 11 is 7.12. The maximum Gasteiger partial charge on any atom is 0.251 e. The molecule has 1 N–H and O–H groups in total. The van der Waals surface area contributed by atoms with Gasteiger partial charge in [0.2, 0.25) is 0 Å². The molecule has 1 aliphatic carbocycles. The summed E-state index contributed by atoms with van der Waals surface area (Å²) in [6.07, 6.45) is 4.84. The van der Waals surface area contributed by atoms with Gasteiger partial charge in [-0.3, -0.25) is 4.79 Å². The Morgan fingerprint density at radius 3 is 2.63 bits per heavy atom. The number of aryl methyl sites for hydroxylation is 1. The lowest BCUT2D eigenvalue weighted by Gasteiger charge is -2.25. The van der Waals surface area contributed by atoms with Gasteiger partial charge in [-0.1, -0.05) is 37.9 Å². The molecule has 2 nitrogen and oxygen atoms in total. The summed E-state index contributed by atoms with van der Waals surface area (Å²) in [7, 11) is 0. The molecule has 0 bridgehead atoms. The minimum Gasteiger partial charge on any atom is -0.352 e. The van der Waals surface area contributed by atoms with Crippen molar-refractivity contribution in [2.45, 2.75) is 37.4 Å². The molecule has 1 amide bonds. The number of alkyl halides is 1. The van der Waals surface area contributed by atoms with E-state index >= 15 is 0 Å². The highest BCUT2D eigenvalue weighted by molar-refractivity contribution is 9.10. The zero-order chi connectivity index (χ0) is 13.8. The summed E-state index contributed by atoms with van der Waals surface area (Å²) in [5.41, 5.74) is 1.87. The molecule has 0 aliphatic heterocycles. The third kappa shape index (κ3) is 4.32. The summed E-state index contributed by atoms with van der Waals surface area (Å²) in [5.74, 6) is 0.660. The Balaban J connectivity index is 1.85. The molecule has 0 atom stereocenters. The predicted molar refractivity (Wildman–Crippen MR) is 85.9 cm³/mol. The van der Waals surface area contributed by atoms with Crippen LogP contribution in [0.5, 0.6) is 0 Å².